The van der Waals surface area contributed by atoms with Crippen LogP contribution in [0.3, 0.4) is 0 Å². The SMILES string of the molecule is COC1CCN([C@@H]2CCC[C@@H]2NC(=O)Nc2nn(C)cc2C)C1. The van der Waals surface area contributed by atoms with Crippen molar-refractivity contribution in [1.82, 2.24) is 20.0 Å². The zero-order valence-electron chi connectivity index (χ0n) is 14.2. The molecule has 23 heavy (non-hydrogen) atoms. The van der Waals surface area contributed by atoms with Crippen LogP contribution in [0.1, 0.15) is 31.2 Å². The number of likely N-dealkylation sites (tertiary alicyclic amines) is 1. The molecule has 2 heterocycles. The molecule has 2 aliphatic rings. The molecule has 1 aliphatic carbocycles. The van der Waals surface area contributed by atoms with E-state index in [2.05, 4.69) is 20.6 Å². The van der Waals surface area contributed by atoms with Crippen LogP contribution >= 0.6 is 0 Å². The second kappa shape index (κ2) is 6.88. The largest absolute Gasteiger partial charge is 0.380 e. The molecule has 3 atom stereocenters. The van der Waals surface area contributed by atoms with E-state index in [1.54, 1.807) is 11.8 Å². The number of carbonyl (C=O) groups is 1. The lowest BCUT2D eigenvalue weighted by Crippen LogP contribution is -2.49. The third-order valence-corrected chi connectivity index (χ3v) is 5.02. The molecule has 2 N–H and O–H groups in total. The Morgan fingerprint density at radius 3 is 2.87 bits per heavy atom. The van der Waals surface area contributed by atoms with Crippen LogP contribution in [-0.4, -0.2) is 59.1 Å². The van der Waals surface area contributed by atoms with Crippen LogP contribution < -0.4 is 10.6 Å². The summed E-state index contributed by atoms with van der Waals surface area (Å²) >= 11 is 0. The van der Waals surface area contributed by atoms with Crippen molar-refractivity contribution >= 4 is 11.8 Å². The first-order chi connectivity index (χ1) is 11.1. The van der Waals surface area contributed by atoms with Gasteiger partial charge in [-0.2, -0.15) is 5.10 Å². The molecule has 3 rings (SSSR count). The van der Waals surface area contributed by atoms with Gasteiger partial charge in [-0.05, 0) is 32.6 Å². The highest BCUT2D eigenvalue weighted by Gasteiger charge is 2.36. The summed E-state index contributed by atoms with van der Waals surface area (Å²) in [6.07, 6.45) is 6.65. The third-order valence-electron chi connectivity index (χ3n) is 5.02. The maximum absolute atomic E-state index is 12.3. The molecule has 1 aromatic rings. The van der Waals surface area contributed by atoms with Gasteiger partial charge in [-0.15, -0.1) is 0 Å². The zero-order chi connectivity index (χ0) is 16.4. The molecule has 7 heteroatoms. The topological polar surface area (TPSA) is 71.4 Å². The van der Waals surface area contributed by atoms with Crippen LogP contribution in [0.15, 0.2) is 6.20 Å². The number of nitrogens with one attached hydrogen (secondary N) is 2. The number of urea groups is 1. The molecule has 2 fully saturated rings. The minimum atomic E-state index is -0.161. The van der Waals surface area contributed by atoms with Gasteiger partial charge in [0.05, 0.1) is 6.10 Å². The summed E-state index contributed by atoms with van der Waals surface area (Å²) in [5, 5.41) is 10.3. The van der Waals surface area contributed by atoms with Gasteiger partial charge in [0, 0.05) is 51.1 Å². The average Bonchev–Trinajstić information content (AvgIpc) is 3.20. The van der Waals surface area contributed by atoms with Gasteiger partial charge in [-0.3, -0.25) is 14.9 Å². The molecule has 128 valence electrons. The number of aryl methyl sites for hydroxylation is 2. The number of hydrogen-bond donors (Lipinski definition) is 2. The second-order valence-corrected chi connectivity index (χ2v) is 6.68. The van der Waals surface area contributed by atoms with Crippen LogP contribution in [0.2, 0.25) is 0 Å². The van der Waals surface area contributed by atoms with E-state index in [9.17, 15) is 4.79 Å². The van der Waals surface area contributed by atoms with E-state index in [4.69, 9.17) is 4.74 Å². The van der Waals surface area contributed by atoms with E-state index in [-0.39, 0.29) is 12.1 Å². The van der Waals surface area contributed by atoms with Gasteiger partial charge in [0.15, 0.2) is 5.82 Å². The van der Waals surface area contributed by atoms with Crippen molar-refractivity contribution in [2.75, 3.05) is 25.5 Å². The molecule has 1 aromatic heterocycles. The van der Waals surface area contributed by atoms with Gasteiger partial charge < -0.3 is 10.1 Å². The Morgan fingerprint density at radius 1 is 1.39 bits per heavy atom. The third kappa shape index (κ3) is 3.67. The van der Waals surface area contributed by atoms with Crippen LogP contribution in [0.4, 0.5) is 10.6 Å². The Labute approximate surface area is 137 Å². The van der Waals surface area contributed by atoms with E-state index in [0.717, 1.165) is 44.3 Å². The standard InChI is InChI=1S/C16H27N5O2/c1-11-9-20(2)19-15(11)18-16(22)17-13-5-4-6-14(13)21-8-7-12(10-21)23-3/h9,12-14H,4-8,10H2,1-3H3,(H2,17,18,19,22)/t12?,13-,14+/m0/s1. The van der Waals surface area contributed by atoms with Crippen molar-refractivity contribution in [3.05, 3.63) is 11.8 Å². The molecule has 1 saturated heterocycles. The minimum absolute atomic E-state index is 0.161. The predicted octanol–water partition coefficient (Wildman–Crippen LogP) is 1.49. The Morgan fingerprint density at radius 2 is 2.22 bits per heavy atom. The summed E-state index contributed by atoms with van der Waals surface area (Å²) in [4.78, 5) is 14.8. The molecule has 0 radical (unpaired) electrons. The highest BCUT2D eigenvalue weighted by Crippen LogP contribution is 2.28. The summed E-state index contributed by atoms with van der Waals surface area (Å²) in [6, 6.07) is 0.464. The van der Waals surface area contributed by atoms with E-state index >= 15 is 0 Å². The lowest BCUT2D eigenvalue weighted by atomic mass is 10.1. The first kappa shape index (κ1) is 16.3. The predicted molar refractivity (Wildman–Crippen MR) is 88.5 cm³/mol. The molecule has 0 spiro atoms. The number of hydrogen-bond acceptors (Lipinski definition) is 4. The number of anilines is 1. The fraction of sp³-hybridized carbons (Fsp3) is 0.750. The van der Waals surface area contributed by atoms with Crippen molar-refractivity contribution in [1.29, 1.82) is 0 Å². The monoisotopic (exact) mass is 321 g/mol. The van der Waals surface area contributed by atoms with Crippen LogP contribution in [0.25, 0.3) is 0 Å². The fourth-order valence-corrected chi connectivity index (χ4v) is 3.84. The Bertz CT molecular complexity index is 559. The molecule has 0 bridgehead atoms. The maximum Gasteiger partial charge on any atom is 0.320 e. The number of amides is 2. The molecule has 0 aromatic carbocycles. The molecule has 2 amide bonds. The summed E-state index contributed by atoms with van der Waals surface area (Å²) in [5.41, 5.74) is 0.966. The van der Waals surface area contributed by atoms with Gasteiger partial charge >= 0.3 is 6.03 Å². The first-order valence-electron chi connectivity index (χ1n) is 8.41. The second-order valence-electron chi connectivity index (χ2n) is 6.68. The summed E-state index contributed by atoms with van der Waals surface area (Å²) in [6.45, 7) is 3.97. The zero-order valence-corrected chi connectivity index (χ0v) is 14.2. The van der Waals surface area contributed by atoms with Crippen LogP contribution in [0.5, 0.6) is 0 Å². The van der Waals surface area contributed by atoms with Gasteiger partial charge in [0.2, 0.25) is 0 Å². The molecule has 7 nitrogen and oxygen atoms in total. The number of carbonyl (C=O) groups excluding carboxylic acids is 1. The fourth-order valence-electron chi connectivity index (χ4n) is 3.84. The average molecular weight is 321 g/mol. The number of rotatable bonds is 4. The van der Waals surface area contributed by atoms with Gasteiger partial charge in [0.25, 0.3) is 0 Å². The lowest BCUT2D eigenvalue weighted by molar-refractivity contribution is 0.0985. The van der Waals surface area contributed by atoms with Crippen LogP contribution in [-0.2, 0) is 11.8 Å². The smallest absolute Gasteiger partial charge is 0.320 e. The minimum Gasteiger partial charge on any atom is -0.380 e. The summed E-state index contributed by atoms with van der Waals surface area (Å²) in [5.74, 6) is 0.625. The highest BCUT2D eigenvalue weighted by molar-refractivity contribution is 5.89. The summed E-state index contributed by atoms with van der Waals surface area (Å²) < 4.78 is 7.17. The maximum atomic E-state index is 12.3. The van der Waals surface area contributed by atoms with E-state index in [1.807, 2.05) is 20.2 Å². The van der Waals surface area contributed by atoms with Crippen LogP contribution in [0, 0.1) is 6.92 Å². The molecule has 1 unspecified atom stereocenters. The van der Waals surface area contributed by atoms with Crippen molar-refractivity contribution in [2.24, 2.45) is 7.05 Å². The molecular weight excluding hydrogens is 294 g/mol. The summed E-state index contributed by atoms with van der Waals surface area (Å²) in [7, 11) is 3.63. The van der Waals surface area contributed by atoms with Gasteiger partial charge in [-0.25, -0.2) is 4.79 Å². The van der Waals surface area contributed by atoms with E-state index in [0.29, 0.717) is 18.0 Å². The van der Waals surface area contributed by atoms with Gasteiger partial charge in [0.1, 0.15) is 0 Å². The number of nitrogens with zero attached hydrogens (tertiary/aromatic N) is 3. The van der Waals surface area contributed by atoms with Crippen molar-refractivity contribution in [3.8, 4) is 0 Å². The van der Waals surface area contributed by atoms with E-state index in [1.165, 1.54) is 0 Å². The van der Waals surface area contributed by atoms with E-state index < -0.39 is 0 Å². The molecule has 1 saturated carbocycles. The molecular formula is C16H27N5O2. The Kier molecular flexibility index (Phi) is 4.87. The van der Waals surface area contributed by atoms with Gasteiger partial charge in [-0.1, -0.05) is 0 Å². The Hall–Kier alpha value is -1.60. The van der Waals surface area contributed by atoms with Crippen molar-refractivity contribution < 1.29 is 9.53 Å². The van der Waals surface area contributed by atoms with Crippen molar-refractivity contribution in [3.63, 3.8) is 0 Å². The normalized spacial score (nSPS) is 28.2. The number of methoxy groups -OCH3 is 1. The Balaban J connectivity index is 1.56. The first-order valence-corrected chi connectivity index (χ1v) is 8.41. The number of ether oxygens (including phenoxy) is 1. The quantitative estimate of drug-likeness (QED) is 0.881. The van der Waals surface area contributed by atoms with Crippen molar-refractivity contribution in [2.45, 2.75) is 50.8 Å². The molecule has 1 aliphatic heterocycles. The highest BCUT2D eigenvalue weighted by atomic mass is 16.5. The number of aromatic nitrogens is 2. The lowest BCUT2D eigenvalue weighted by Gasteiger charge is -2.29.